The lowest BCUT2D eigenvalue weighted by atomic mass is 9.92. The fraction of sp³-hybridized carbons (Fsp3) is 0.600. The molecular formula is C10H16O. The van der Waals surface area contributed by atoms with E-state index in [1.54, 1.807) is 0 Å². The van der Waals surface area contributed by atoms with Gasteiger partial charge in [0.15, 0.2) is 0 Å². The van der Waals surface area contributed by atoms with Gasteiger partial charge in [0.2, 0.25) is 0 Å². The van der Waals surface area contributed by atoms with Gasteiger partial charge in [-0.2, -0.15) is 0 Å². The van der Waals surface area contributed by atoms with E-state index < -0.39 is 0 Å². The first-order chi connectivity index (χ1) is 5.24. The highest BCUT2D eigenvalue weighted by Crippen LogP contribution is 2.24. The normalized spacial score (nSPS) is 21.3. The zero-order chi connectivity index (χ0) is 8.27. The first kappa shape index (κ1) is 8.54. The van der Waals surface area contributed by atoms with Gasteiger partial charge in [-0.15, -0.1) is 0 Å². The van der Waals surface area contributed by atoms with E-state index in [4.69, 9.17) is 0 Å². The van der Waals surface area contributed by atoms with Gasteiger partial charge in [-0.3, -0.25) is 0 Å². The minimum atomic E-state index is -0.230. The van der Waals surface area contributed by atoms with Crippen molar-refractivity contribution in [2.75, 3.05) is 0 Å². The first-order valence-electron chi connectivity index (χ1n) is 4.30. The molecule has 62 valence electrons. The highest BCUT2D eigenvalue weighted by molar-refractivity contribution is 5.26. The van der Waals surface area contributed by atoms with Crippen molar-refractivity contribution in [3.63, 3.8) is 0 Å². The van der Waals surface area contributed by atoms with Crippen molar-refractivity contribution in [2.24, 2.45) is 0 Å². The predicted molar refractivity (Wildman–Crippen MR) is 47.4 cm³/mol. The van der Waals surface area contributed by atoms with Crippen LogP contribution in [0.2, 0.25) is 0 Å². The molecule has 0 aromatic rings. The fourth-order valence-electron chi connectivity index (χ4n) is 1.45. The molecule has 1 atom stereocenters. The highest BCUT2D eigenvalue weighted by atomic mass is 16.3. The summed E-state index contributed by atoms with van der Waals surface area (Å²) in [7, 11) is 0. The van der Waals surface area contributed by atoms with E-state index in [-0.39, 0.29) is 6.10 Å². The van der Waals surface area contributed by atoms with Crippen molar-refractivity contribution in [1.82, 2.24) is 0 Å². The van der Waals surface area contributed by atoms with E-state index in [0.717, 1.165) is 25.7 Å². The zero-order valence-corrected chi connectivity index (χ0v) is 7.14. The summed E-state index contributed by atoms with van der Waals surface area (Å²) in [4.78, 5) is 0. The molecule has 0 spiro atoms. The van der Waals surface area contributed by atoms with Gasteiger partial charge in [0.05, 0.1) is 6.10 Å². The fourth-order valence-corrected chi connectivity index (χ4v) is 1.45. The van der Waals surface area contributed by atoms with Crippen LogP contribution in [0.15, 0.2) is 23.8 Å². The number of hydrogen-bond donors (Lipinski definition) is 1. The van der Waals surface area contributed by atoms with Crippen LogP contribution in [0.5, 0.6) is 0 Å². The van der Waals surface area contributed by atoms with E-state index in [9.17, 15) is 5.11 Å². The van der Waals surface area contributed by atoms with Crippen molar-refractivity contribution in [3.05, 3.63) is 23.8 Å². The summed E-state index contributed by atoms with van der Waals surface area (Å²) >= 11 is 0. The van der Waals surface area contributed by atoms with Crippen LogP contribution in [-0.4, -0.2) is 11.2 Å². The Labute approximate surface area is 68.4 Å². The molecule has 11 heavy (non-hydrogen) atoms. The molecule has 1 N–H and O–H groups in total. The molecule has 1 unspecified atom stereocenters. The van der Waals surface area contributed by atoms with Crippen LogP contribution in [0.25, 0.3) is 0 Å². The second-order valence-corrected chi connectivity index (χ2v) is 3.16. The molecule has 1 nitrogen and oxygen atoms in total. The number of rotatable bonds is 2. The van der Waals surface area contributed by atoms with Crippen molar-refractivity contribution >= 4 is 0 Å². The van der Waals surface area contributed by atoms with E-state index in [2.05, 4.69) is 12.7 Å². The molecule has 1 aliphatic rings. The average Bonchev–Trinajstić information content (AvgIpc) is 2.03. The number of aliphatic hydroxyl groups is 1. The van der Waals surface area contributed by atoms with Crippen LogP contribution >= 0.6 is 0 Å². The smallest absolute Gasteiger partial charge is 0.0750 e. The zero-order valence-electron chi connectivity index (χ0n) is 7.14. The Bertz CT molecular complexity index is 179. The van der Waals surface area contributed by atoms with Crippen molar-refractivity contribution < 1.29 is 5.11 Å². The van der Waals surface area contributed by atoms with Gasteiger partial charge in [-0.25, -0.2) is 0 Å². The van der Waals surface area contributed by atoms with E-state index in [1.165, 1.54) is 11.1 Å². The molecule has 0 bridgehead atoms. The lowest BCUT2D eigenvalue weighted by molar-refractivity contribution is 0.201. The molecule has 0 heterocycles. The lowest BCUT2D eigenvalue weighted by Gasteiger charge is -2.18. The third-order valence-corrected chi connectivity index (χ3v) is 2.17. The molecule has 0 aromatic carbocycles. The molecule has 0 fully saturated rings. The highest BCUT2D eigenvalue weighted by Gasteiger charge is 2.12. The molecule has 0 saturated carbocycles. The van der Waals surface area contributed by atoms with Gasteiger partial charge in [-0.05, 0) is 31.3 Å². The Hall–Kier alpha value is -0.560. The van der Waals surface area contributed by atoms with Gasteiger partial charge < -0.3 is 5.11 Å². The van der Waals surface area contributed by atoms with E-state index in [1.807, 2.05) is 6.92 Å². The van der Waals surface area contributed by atoms with Crippen molar-refractivity contribution in [1.29, 1.82) is 0 Å². The van der Waals surface area contributed by atoms with Gasteiger partial charge in [0.1, 0.15) is 0 Å². The Morgan fingerprint density at radius 2 is 2.36 bits per heavy atom. The van der Waals surface area contributed by atoms with Crippen LogP contribution in [-0.2, 0) is 0 Å². The Morgan fingerprint density at radius 1 is 1.64 bits per heavy atom. The molecule has 0 saturated heterocycles. The Balaban J connectivity index is 2.62. The lowest BCUT2D eigenvalue weighted by Crippen LogP contribution is -2.11. The summed E-state index contributed by atoms with van der Waals surface area (Å²) in [5, 5.41) is 9.49. The minimum Gasteiger partial charge on any atom is -0.389 e. The molecule has 1 heteroatoms. The van der Waals surface area contributed by atoms with Crippen LogP contribution in [0, 0.1) is 0 Å². The second-order valence-electron chi connectivity index (χ2n) is 3.16. The van der Waals surface area contributed by atoms with Gasteiger partial charge in [0, 0.05) is 0 Å². The quantitative estimate of drug-likeness (QED) is 0.644. The summed E-state index contributed by atoms with van der Waals surface area (Å²) < 4.78 is 0. The number of hydrogen-bond acceptors (Lipinski definition) is 1. The largest absolute Gasteiger partial charge is 0.389 e. The molecule has 0 amide bonds. The minimum absolute atomic E-state index is 0.230. The second kappa shape index (κ2) is 3.72. The SMILES string of the molecule is C=C1C=C(C(O)CC)CCC1. The third kappa shape index (κ3) is 2.19. The van der Waals surface area contributed by atoms with Crippen LogP contribution in [0.3, 0.4) is 0 Å². The number of aliphatic hydroxyl groups excluding tert-OH is 1. The summed E-state index contributed by atoms with van der Waals surface area (Å²) in [5.74, 6) is 0. The van der Waals surface area contributed by atoms with Gasteiger partial charge in [0.25, 0.3) is 0 Å². The summed E-state index contributed by atoms with van der Waals surface area (Å²) in [6, 6.07) is 0. The van der Waals surface area contributed by atoms with Crippen LogP contribution in [0.4, 0.5) is 0 Å². The predicted octanol–water partition coefficient (Wildman–Crippen LogP) is 2.42. The first-order valence-corrected chi connectivity index (χ1v) is 4.30. The molecular weight excluding hydrogens is 136 g/mol. The summed E-state index contributed by atoms with van der Waals surface area (Å²) in [5.41, 5.74) is 2.34. The summed E-state index contributed by atoms with van der Waals surface area (Å²) in [6.07, 6.45) is 5.94. The molecule has 0 radical (unpaired) electrons. The van der Waals surface area contributed by atoms with Gasteiger partial charge in [-0.1, -0.05) is 25.2 Å². The average molecular weight is 152 g/mol. The molecule has 1 aliphatic carbocycles. The number of allylic oxidation sites excluding steroid dienone is 2. The molecule has 1 rings (SSSR count). The maximum Gasteiger partial charge on any atom is 0.0750 e. The topological polar surface area (TPSA) is 20.2 Å². The Kier molecular flexibility index (Phi) is 2.89. The van der Waals surface area contributed by atoms with Crippen molar-refractivity contribution in [2.45, 2.75) is 38.7 Å². The monoisotopic (exact) mass is 152 g/mol. The maximum absolute atomic E-state index is 9.49. The maximum atomic E-state index is 9.49. The molecule has 0 aromatic heterocycles. The third-order valence-electron chi connectivity index (χ3n) is 2.17. The van der Waals surface area contributed by atoms with E-state index in [0.29, 0.717) is 0 Å². The Morgan fingerprint density at radius 3 is 2.91 bits per heavy atom. The molecule has 0 aliphatic heterocycles. The standard InChI is InChI=1S/C10H16O/c1-3-10(11)9-6-4-5-8(2)7-9/h7,10-11H,2-6H2,1H3. The van der Waals surface area contributed by atoms with E-state index >= 15 is 0 Å². The van der Waals surface area contributed by atoms with Crippen LogP contribution in [0.1, 0.15) is 32.6 Å². The van der Waals surface area contributed by atoms with Crippen molar-refractivity contribution in [3.8, 4) is 0 Å². The summed E-state index contributed by atoms with van der Waals surface area (Å²) in [6.45, 7) is 5.90. The van der Waals surface area contributed by atoms with Crippen LogP contribution < -0.4 is 0 Å². The van der Waals surface area contributed by atoms with Gasteiger partial charge >= 0.3 is 0 Å².